The van der Waals surface area contributed by atoms with Crippen molar-refractivity contribution in [3.63, 3.8) is 0 Å². The van der Waals surface area contributed by atoms with Crippen LogP contribution in [0.1, 0.15) is 16.1 Å². The number of rotatable bonds is 5. The van der Waals surface area contributed by atoms with Gasteiger partial charge in [-0.3, -0.25) is 4.90 Å². The van der Waals surface area contributed by atoms with E-state index in [4.69, 9.17) is 0 Å². The van der Waals surface area contributed by atoms with Crippen LogP contribution in [0, 0.1) is 0 Å². The fourth-order valence-electron chi connectivity index (χ4n) is 3.49. The van der Waals surface area contributed by atoms with Crippen LogP contribution in [0.15, 0.2) is 59.8 Å². The van der Waals surface area contributed by atoms with E-state index in [0.29, 0.717) is 38.3 Å². The molecule has 0 saturated carbocycles. The first-order chi connectivity index (χ1) is 14.0. The maximum Gasteiger partial charge on any atom is 0.337 e. The minimum Gasteiger partial charge on any atom is -0.465 e. The lowest BCUT2D eigenvalue weighted by molar-refractivity contribution is 0.0600. The number of fused-ring (bicyclic) bond motifs is 1. The van der Waals surface area contributed by atoms with Crippen LogP contribution in [0.25, 0.3) is 5.65 Å². The molecule has 1 aromatic carbocycles. The molecule has 0 N–H and O–H groups in total. The van der Waals surface area contributed by atoms with E-state index in [-0.39, 0.29) is 4.90 Å². The summed E-state index contributed by atoms with van der Waals surface area (Å²) in [4.78, 5) is 18.3. The monoisotopic (exact) mass is 414 g/mol. The highest BCUT2D eigenvalue weighted by molar-refractivity contribution is 7.89. The fourth-order valence-corrected chi connectivity index (χ4v) is 4.91. The lowest BCUT2D eigenvalue weighted by Gasteiger charge is -2.33. The Balaban J connectivity index is 1.41. The van der Waals surface area contributed by atoms with Crippen LogP contribution < -0.4 is 0 Å². The molecule has 1 aliphatic heterocycles. The van der Waals surface area contributed by atoms with E-state index >= 15 is 0 Å². The number of methoxy groups -OCH3 is 1. The van der Waals surface area contributed by atoms with Crippen molar-refractivity contribution < 1.29 is 17.9 Å². The van der Waals surface area contributed by atoms with E-state index in [2.05, 4.69) is 14.6 Å². The Hall–Kier alpha value is -2.75. The second kappa shape index (κ2) is 7.94. The van der Waals surface area contributed by atoms with Crippen molar-refractivity contribution in [1.29, 1.82) is 0 Å². The number of sulfonamides is 1. The van der Waals surface area contributed by atoms with Gasteiger partial charge in [0.15, 0.2) is 0 Å². The number of esters is 1. The van der Waals surface area contributed by atoms with Crippen molar-refractivity contribution >= 4 is 21.6 Å². The quantitative estimate of drug-likeness (QED) is 0.590. The van der Waals surface area contributed by atoms with Crippen molar-refractivity contribution in [3.8, 4) is 0 Å². The highest BCUT2D eigenvalue weighted by atomic mass is 32.2. The molecule has 2 aromatic heterocycles. The molecule has 8 nitrogen and oxygen atoms in total. The van der Waals surface area contributed by atoms with Crippen LogP contribution in [-0.4, -0.2) is 66.3 Å². The standard InChI is InChI=1S/C20H22N4O4S/c1-28-20(25)16-5-7-18(8-6-16)29(26,27)23-12-10-22(11-13-23)15-17-14-21-19-4-2-3-9-24(17)19/h2-9,14H,10-13,15H2,1H3. The fraction of sp³-hybridized carbons (Fsp3) is 0.300. The molecule has 0 radical (unpaired) electrons. The van der Waals surface area contributed by atoms with Crippen LogP contribution in [-0.2, 0) is 21.3 Å². The molecule has 1 aliphatic rings. The summed E-state index contributed by atoms with van der Waals surface area (Å²) >= 11 is 0. The van der Waals surface area contributed by atoms with Crippen LogP contribution in [0.2, 0.25) is 0 Å². The molecule has 0 atom stereocenters. The summed E-state index contributed by atoms with van der Waals surface area (Å²) in [5.74, 6) is -0.491. The van der Waals surface area contributed by atoms with Crippen LogP contribution in [0.4, 0.5) is 0 Å². The Morgan fingerprint density at radius 3 is 2.48 bits per heavy atom. The lowest BCUT2D eigenvalue weighted by atomic mass is 10.2. The van der Waals surface area contributed by atoms with Gasteiger partial charge in [0.1, 0.15) is 5.65 Å². The highest BCUT2D eigenvalue weighted by Gasteiger charge is 2.29. The molecule has 0 amide bonds. The smallest absolute Gasteiger partial charge is 0.337 e. The molecular formula is C20H22N4O4S. The average molecular weight is 414 g/mol. The molecule has 0 spiro atoms. The Kier molecular flexibility index (Phi) is 5.35. The van der Waals surface area contributed by atoms with Gasteiger partial charge in [-0.2, -0.15) is 4.31 Å². The van der Waals surface area contributed by atoms with Gasteiger partial charge in [-0.15, -0.1) is 0 Å². The van der Waals surface area contributed by atoms with Crippen LogP contribution in [0.5, 0.6) is 0 Å². The number of hydrogen-bond acceptors (Lipinski definition) is 6. The topological polar surface area (TPSA) is 84.2 Å². The molecule has 0 aliphatic carbocycles. The third kappa shape index (κ3) is 3.89. The van der Waals surface area contributed by atoms with Crippen molar-refractivity contribution in [3.05, 3.63) is 66.1 Å². The molecule has 1 fully saturated rings. The number of benzene rings is 1. The first-order valence-electron chi connectivity index (χ1n) is 9.31. The molecule has 3 heterocycles. The Bertz CT molecular complexity index is 1120. The Morgan fingerprint density at radius 1 is 1.07 bits per heavy atom. The minimum atomic E-state index is -3.59. The molecule has 29 heavy (non-hydrogen) atoms. The molecule has 1 saturated heterocycles. The third-order valence-corrected chi connectivity index (χ3v) is 7.04. The predicted molar refractivity (Wildman–Crippen MR) is 107 cm³/mol. The SMILES string of the molecule is COC(=O)c1ccc(S(=O)(=O)N2CCN(Cc3cnc4ccccn34)CC2)cc1. The summed E-state index contributed by atoms with van der Waals surface area (Å²) in [6.07, 6.45) is 3.84. The van der Waals surface area contributed by atoms with E-state index in [1.54, 1.807) is 0 Å². The average Bonchev–Trinajstić information content (AvgIpc) is 3.16. The molecule has 0 bridgehead atoms. The van der Waals surface area contributed by atoms with Gasteiger partial charge in [0, 0.05) is 38.9 Å². The summed E-state index contributed by atoms with van der Waals surface area (Å²) in [5, 5.41) is 0. The maximum absolute atomic E-state index is 12.9. The Labute approximate surface area is 169 Å². The van der Waals surface area contributed by atoms with Crippen molar-refractivity contribution in [1.82, 2.24) is 18.6 Å². The van der Waals surface area contributed by atoms with Gasteiger partial charge in [-0.1, -0.05) is 6.07 Å². The number of piperazine rings is 1. The zero-order chi connectivity index (χ0) is 20.4. The zero-order valence-electron chi connectivity index (χ0n) is 16.1. The summed E-state index contributed by atoms with van der Waals surface area (Å²) in [6.45, 7) is 2.82. The number of imidazole rings is 1. The second-order valence-corrected chi connectivity index (χ2v) is 8.81. The number of carbonyl (C=O) groups is 1. The summed E-state index contributed by atoms with van der Waals surface area (Å²) in [6, 6.07) is 11.7. The van der Waals surface area contributed by atoms with Gasteiger partial charge in [-0.05, 0) is 36.4 Å². The van der Waals surface area contributed by atoms with Crippen molar-refractivity contribution in [2.24, 2.45) is 0 Å². The number of pyridine rings is 1. The van der Waals surface area contributed by atoms with Crippen LogP contribution in [0.3, 0.4) is 0 Å². The van der Waals surface area contributed by atoms with Crippen molar-refractivity contribution in [2.45, 2.75) is 11.4 Å². The molecular weight excluding hydrogens is 392 g/mol. The summed E-state index contributed by atoms with van der Waals surface area (Å²) in [7, 11) is -2.30. The van der Waals surface area contributed by atoms with E-state index in [0.717, 1.165) is 11.3 Å². The number of ether oxygens (including phenoxy) is 1. The lowest BCUT2D eigenvalue weighted by Crippen LogP contribution is -2.48. The number of aromatic nitrogens is 2. The van der Waals surface area contributed by atoms with Gasteiger partial charge in [-0.25, -0.2) is 18.2 Å². The van der Waals surface area contributed by atoms with E-state index < -0.39 is 16.0 Å². The normalized spacial score (nSPS) is 16.2. The van der Waals surface area contributed by atoms with Crippen LogP contribution >= 0.6 is 0 Å². The molecule has 3 aromatic rings. The van der Waals surface area contributed by atoms with E-state index in [1.165, 1.54) is 35.7 Å². The number of hydrogen-bond donors (Lipinski definition) is 0. The van der Waals surface area contributed by atoms with Gasteiger partial charge in [0.05, 0.1) is 29.5 Å². The van der Waals surface area contributed by atoms with Crippen molar-refractivity contribution in [2.75, 3.05) is 33.3 Å². The van der Waals surface area contributed by atoms with Gasteiger partial charge >= 0.3 is 5.97 Å². The van der Waals surface area contributed by atoms with Gasteiger partial charge < -0.3 is 9.14 Å². The minimum absolute atomic E-state index is 0.181. The largest absolute Gasteiger partial charge is 0.465 e. The number of carbonyl (C=O) groups excluding carboxylic acids is 1. The van der Waals surface area contributed by atoms with Gasteiger partial charge in [0.25, 0.3) is 0 Å². The predicted octanol–water partition coefficient (Wildman–Crippen LogP) is 1.63. The number of nitrogens with zero attached hydrogens (tertiary/aromatic N) is 4. The first-order valence-corrected chi connectivity index (χ1v) is 10.7. The second-order valence-electron chi connectivity index (χ2n) is 6.87. The molecule has 9 heteroatoms. The van der Waals surface area contributed by atoms with Gasteiger partial charge in [0.2, 0.25) is 10.0 Å². The third-order valence-electron chi connectivity index (χ3n) is 5.12. The molecule has 4 rings (SSSR count). The summed E-state index contributed by atoms with van der Waals surface area (Å²) < 4.78 is 34.0. The molecule has 0 unspecified atom stereocenters. The Morgan fingerprint density at radius 2 is 1.79 bits per heavy atom. The zero-order valence-corrected chi connectivity index (χ0v) is 16.9. The highest BCUT2D eigenvalue weighted by Crippen LogP contribution is 2.19. The van der Waals surface area contributed by atoms with E-state index in [9.17, 15) is 13.2 Å². The molecule has 152 valence electrons. The summed E-state index contributed by atoms with van der Waals surface area (Å²) in [5.41, 5.74) is 2.30. The van der Waals surface area contributed by atoms with E-state index in [1.807, 2.05) is 35.0 Å². The first kappa shape index (κ1) is 19.6. The maximum atomic E-state index is 12.9.